The Morgan fingerprint density at radius 3 is 2.07 bits per heavy atom. The van der Waals surface area contributed by atoms with Gasteiger partial charge in [-0.15, -0.1) is 0 Å². The van der Waals surface area contributed by atoms with Gasteiger partial charge in [0.2, 0.25) is 17.6 Å². The number of aromatic nitrogens is 1. The molecule has 9 nitrogen and oxygen atoms in total. The van der Waals surface area contributed by atoms with Gasteiger partial charge in [-0.3, -0.25) is 24.0 Å². The number of amides is 3. The molecule has 0 radical (unpaired) electrons. The molecular formula is C35H38N4O5. The van der Waals surface area contributed by atoms with Gasteiger partial charge >= 0.3 is 0 Å². The third kappa shape index (κ3) is 9.22. The van der Waals surface area contributed by atoms with Gasteiger partial charge in [-0.25, -0.2) is 0 Å². The maximum absolute atomic E-state index is 13.8. The minimum atomic E-state index is -1.25. The Balaban J connectivity index is 1.52. The van der Waals surface area contributed by atoms with E-state index in [2.05, 4.69) is 20.9 Å². The predicted octanol–water partition coefficient (Wildman–Crippen LogP) is 4.27. The van der Waals surface area contributed by atoms with Crippen molar-refractivity contribution >= 4 is 40.2 Å². The molecule has 3 aromatic carbocycles. The van der Waals surface area contributed by atoms with Crippen LogP contribution in [0.25, 0.3) is 10.9 Å². The Morgan fingerprint density at radius 2 is 1.41 bits per heavy atom. The minimum absolute atomic E-state index is 0.0713. The van der Waals surface area contributed by atoms with Gasteiger partial charge in [-0.05, 0) is 49.9 Å². The third-order valence-electron chi connectivity index (χ3n) is 7.22. The molecule has 3 amide bonds. The zero-order valence-corrected chi connectivity index (χ0v) is 25.0. The van der Waals surface area contributed by atoms with Gasteiger partial charge < -0.3 is 20.9 Å². The molecule has 4 N–H and O–H groups in total. The number of para-hydroxylation sites is 1. The topological polar surface area (TPSA) is 137 Å². The van der Waals surface area contributed by atoms with Crippen molar-refractivity contribution in [3.05, 3.63) is 108 Å². The molecule has 0 aliphatic carbocycles. The highest BCUT2D eigenvalue weighted by molar-refractivity contribution is 6.38. The average Bonchev–Trinajstić information content (AvgIpc) is 3.46. The molecule has 4 rings (SSSR count). The van der Waals surface area contributed by atoms with Crippen LogP contribution < -0.4 is 16.0 Å². The minimum Gasteiger partial charge on any atom is -0.354 e. The van der Waals surface area contributed by atoms with E-state index in [-0.39, 0.29) is 50.0 Å². The number of hydrogen-bond donors (Lipinski definition) is 4. The number of Topliss-reactive ketones (excluding diaryl/α,β-unsaturated/α-hetero) is 2. The fourth-order valence-electron chi connectivity index (χ4n) is 4.97. The van der Waals surface area contributed by atoms with E-state index in [9.17, 15) is 24.0 Å². The van der Waals surface area contributed by atoms with E-state index in [1.807, 2.05) is 98.8 Å². The summed E-state index contributed by atoms with van der Waals surface area (Å²) in [5, 5.41) is 8.97. The van der Waals surface area contributed by atoms with Crippen LogP contribution in [-0.2, 0) is 32.1 Å². The highest BCUT2D eigenvalue weighted by Gasteiger charge is 2.31. The monoisotopic (exact) mass is 594 g/mol. The number of H-pyrrole nitrogens is 1. The van der Waals surface area contributed by atoms with Gasteiger partial charge in [0.25, 0.3) is 5.91 Å². The Bertz CT molecular complexity index is 1560. The SMILES string of the molecule is CC(C)NC(=O)CC[C@H](NC(=O)[C@@H](CC(=O)c1cc2ccccc2[nH]1)Cc1ccccc1)C(=O)C(=O)NCc1ccccc1. The lowest BCUT2D eigenvalue weighted by Gasteiger charge is -2.22. The van der Waals surface area contributed by atoms with Gasteiger partial charge in [-0.1, -0.05) is 78.9 Å². The summed E-state index contributed by atoms with van der Waals surface area (Å²) in [6.07, 6.45) is -0.0236. The average molecular weight is 595 g/mol. The van der Waals surface area contributed by atoms with Gasteiger partial charge in [0, 0.05) is 42.2 Å². The number of benzene rings is 3. The van der Waals surface area contributed by atoms with Crippen molar-refractivity contribution in [3.63, 3.8) is 0 Å². The van der Waals surface area contributed by atoms with Crippen LogP contribution in [0.15, 0.2) is 91.0 Å². The number of rotatable bonds is 15. The maximum Gasteiger partial charge on any atom is 0.289 e. The summed E-state index contributed by atoms with van der Waals surface area (Å²) in [5.41, 5.74) is 2.85. The first-order chi connectivity index (χ1) is 21.2. The summed E-state index contributed by atoms with van der Waals surface area (Å²) in [7, 11) is 0. The van der Waals surface area contributed by atoms with Crippen molar-refractivity contribution in [3.8, 4) is 0 Å². The van der Waals surface area contributed by atoms with Crippen LogP contribution in [0.1, 0.15) is 54.7 Å². The molecule has 9 heteroatoms. The largest absolute Gasteiger partial charge is 0.354 e. The molecule has 0 aliphatic rings. The van der Waals surface area contributed by atoms with Crippen LogP contribution in [-0.4, -0.2) is 46.4 Å². The predicted molar refractivity (Wildman–Crippen MR) is 169 cm³/mol. The number of ketones is 2. The van der Waals surface area contributed by atoms with E-state index in [1.165, 1.54) is 0 Å². The second-order valence-electron chi connectivity index (χ2n) is 11.1. The van der Waals surface area contributed by atoms with E-state index in [0.29, 0.717) is 5.69 Å². The van der Waals surface area contributed by atoms with E-state index in [4.69, 9.17) is 0 Å². The van der Waals surface area contributed by atoms with E-state index < -0.39 is 29.6 Å². The van der Waals surface area contributed by atoms with Crippen molar-refractivity contribution in [1.29, 1.82) is 0 Å². The lowest BCUT2D eigenvalue weighted by atomic mass is 9.91. The fraction of sp³-hybridized carbons (Fsp3) is 0.286. The van der Waals surface area contributed by atoms with Crippen LogP contribution in [0.4, 0.5) is 0 Å². The molecular weight excluding hydrogens is 556 g/mol. The van der Waals surface area contributed by atoms with Crippen LogP contribution in [0.3, 0.4) is 0 Å². The molecule has 0 unspecified atom stereocenters. The second-order valence-corrected chi connectivity index (χ2v) is 11.1. The summed E-state index contributed by atoms with van der Waals surface area (Å²) in [6, 6.07) is 26.3. The second kappa shape index (κ2) is 15.4. The zero-order valence-electron chi connectivity index (χ0n) is 25.0. The van der Waals surface area contributed by atoms with E-state index >= 15 is 0 Å². The molecule has 2 atom stereocenters. The highest BCUT2D eigenvalue weighted by atomic mass is 16.2. The van der Waals surface area contributed by atoms with Crippen molar-refractivity contribution in [2.24, 2.45) is 5.92 Å². The number of hydrogen-bond acceptors (Lipinski definition) is 5. The van der Waals surface area contributed by atoms with Crippen molar-refractivity contribution < 1.29 is 24.0 Å². The third-order valence-corrected chi connectivity index (χ3v) is 7.22. The molecule has 1 aromatic heterocycles. The lowest BCUT2D eigenvalue weighted by molar-refractivity contribution is -0.141. The standard InChI is InChI=1S/C35H38N4O5/c1-23(2)37-32(41)18-17-29(33(42)35(44)36-22-25-13-7-4-8-14-25)39-34(43)27(19-24-11-5-3-6-12-24)21-31(40)30-20-26-15-9-10-16-28(26)38-30/h3-16,20,23,27,29,38H,17-19,21-22H2,1-2H3,(H,36,44)(H,37,41)(H,39,43)/t27-,29+/m1/s1. The summed E-state index contributed by atoms with van der Waals surface area (Å²) in [6.45, 7) is 3.77. The molecule has 0 saturated heterocycles. The number of fused-ring (bicyclic) bond motifs is 1. The lowest BCUT2D eigenvalue weighted by Crippen LogP contribution is -2.50. The quantitative estimate of drug-likeness (QED) is 0.120. The van der Waals surface area contributed by atoms with Gasteiger partial charge in [0.1, 0.15) is 0 Å². The van der Waals surface area contributed by atoms with Crippen molar-refractivity contribution in [1.82, 2.24) is 20.9 Å². The molecule has 228 valence electrons. The number of nitrogens with one attached hydrogen (secondary N) is 4. The Hall–Kier alpha value is -5.05. The number of carbonyl (C=O) groups is 5. The van der Waals surface area contributed by atoms with Gasteiger partial charge in [0.15, 0.2) is 5.78 Å². The van der Waals surface area contributed by atoms with Crippen LogP contribution in [0, 0.1) is 5.92 Å². The highest BCUT2D eigenvalue weighted by Crippen LogP contribution is 2.20. The van der Waals surface area contributed by atoms with Crippen LogP contribution in [0.5, 0.6) is 0 Å². The summed E-state index contributed by atoms with van der Waals surface area (Å²) >= 11 is 0. The molecule has 1 heterocycles. The normalized spacial score (nSPS) is 12.3. The van der Waals surface area contributed by atoms with Crippen LogP contribution in [0.2, 0.25) is 0 Å². The van der Waals surface area contributed by atoms with Crippen molar-refractivity contribution in [2.45, 2.75) is 58.2 Å². The summed E-state index contributed by atoms with van der Waals surface area (Å²) < 4.78 is 0. The molecule has 4 aromatic rings. The van der Waals surface area contributed by atoms with Crippen LogP contribution >= 0.6 is 0 Å². The number of carbonyl (C=O) groups excluding carboxylic acids is 5. The number of aromatic amines is 1. The first kappa shape index (κ1) is 31.9. The summed E-state index contributed by atoms with van der Waals surface area (Å²) in [5.74, 6) is -3.65. The zero-order chi connectivity index (χ0) is 31.5. The molecule has 0 fully saturated rings. The molecule has 0 aliphatic heterocycles. The van der Waals surface area contributed by atoms with E-state index in [0.717, 1.165) is 22.0 Å². The smallest absolute Gasteiger partial charge is 0.289 e. The van der Waals surface area contributed by atoms with Crippen molar-refractivity contribution in [2.75, 3.05) is 0 Å². The molecule has 44 heavy (non-hydrogen) atoms. The van der Waals surface area contributed by atoms with Gasteiger partial charge in [0.05, 0.1) is 11.7 Å². The molecule has 0 saturated carbocycles. The maximum atomic E-state index is 13.8. The molecule has 0 spiro atoms. The van der Waals surface area contributed by atoms with E-state index in [1.54, 1.807) is 6.07 Å². The first-order valence-corrected chi connectivity index (χ1v) is 14.8. The first-order valence-electron chi connectivity index (χ1n) is 14.8. The Kier molecular flexibility index (Phi) is 11.2. The fourth-order valence-corrected chi connectivity index (χ4v) is 4.97. The summed E-state index contributed by atoms with van der Waals surface area (Å²) in [4.78, 5) is 68.9. The Morgan fingerprint density at radius 1 is 0.773 bits per heavy atom. The van der Waals surface area contributed by atoms with Gasteiger partial charge in [-0.2, -0.15) is 0 Å². The molecule has 0 bridgehead atoms. The Labute approximate surface area is 256 Å².